The van der Waals surface area contributed by atoms with Crippen molar-refractivity contribution in [2.75, 3.05) is 6.54 Å². The van der Waals surface area contributed by atoms with Gasteiger partial charge in [-0.05, 0) is 5.92 Å². The van der Waals surface area contributed by atoms with E-state index in [-0.39, 0.29) is 23.1 Å². The molecule has 0 aromatic carbocycles. The summed E-state index contributed by atoms with van der Waals surface area (Å²) in [5.74, 6) is -1.05. The first-order chi connectivity index (χ1) is 6.56. The van der Waals surface area contributed by atoms with Gasteiger partial charge in [0.15, 0.2) is 0 Å². The first-order valence-corrected chi connectivity index (χ1v) is 5.61. The van der Waals surface area contributed by atoms with Crippen LogP contribution in [0, 0.1) is 11.8 Å². The van der Waals surface area contributed by atoms with E-state index in [2.05, 4.69) is 5.32 Å². The fourth-order valence-corrected chi connectivity index (χ4v) is 2.45. The Hall–Kier alpha value is -0.550. The van der Waals surface area contributed by atoms with Crippen LogP contribution in [0.3, 0.4) is 0 Å². The van der Waals surface area contributed by atoms with Crippen molar-refractivity contribution in [1.82, 2.24) is 5.32 Å². The highest BCUT2D eigenvalue weighted by Crippen LogP contribution is 2.23. The van der Waals surface area contributed by atoms with Gasteiger partial charge in [-0.15, -0.1) is 0 Å². The maximum atomic E-state index is 11.0. The normalized spacial score (nSPS) is 29.1. The Morgan fingerprint density at radius 1 is 1.57 bits per heavy atom. The van der Waals surface area contributed by atoms with E-state index in [0.717, 1.165) is 0 Å². The molecular formula is C9H16NO3S+. The van der Waals surface area contributed by atoms with E-state index in [1.165, 1.54) is 0 Å². The minimum absolute atomic E-state index is 0.0283. The minimum atomic E-state index is -0.769. The SMILES string of the molecule is CC(C)C(C(=O)O)C1CC([S+]=O)CN1. The highest BCUT2D eigenvalue weighted by molar-refractivity contribution is 7.66. The Morgan fingerprint density at radius 2 is 2.21 bits per heavy atom. The summed E-state index contributed by atoms with van der Waals surface area (Å²) in [6.07, 6.45) is 0.670. The minimum Gasteiger partial charge on any atom is -0.481 e. The van der Waals surface area contributed by atoms with Crippen LogP contribution in [-0.4, -0.2) is 28.9 Å². The molecule has 1 saturated heterocycles. The maximum absolute atomic E-state index is 11.0. The molecule has 3 unspecified atom stereocenters. The molecule has 1 aliphatic rings. The molecule has 1 rings (SSSR count). The molecule has 0 radical (unpaired) electrons. The second-order valence-electron chi connectivity index (χ2n) is 4.08. The van der Waals surface area contributed by atoms with Crippen LogP contribution in [0.5, 0.6) is 0 Å². The molecule has 80 valence electrons. The van der Waals surface area contributed by atoms with Crippen molar-refractivity contribution >= 4 is 17.6 Å². The molecule has 14 heavy (non-hydrogen) atoms. The summed E-state index contributed by atoms with van der Waals surface area (Å²) in [4.78, 5) is 11.0. The predicted octanol–water partition coefficient (Wildman–Crippen LogP) is 0.502. The van der Waals surface area contributed by atoms with E-state index in [1.807, 2.05) is 13.8 Å². The Bertz CT molecular complexity index is 232. The average molecular weight is 218 g/mol. The lowest BCUT2D eigenvalue weighted by molar-refractivity contribution is -0.144. The van der Waals surface area contributed by atoms with Crippen LogP contribution in [0.4, 0.5) is 0 Å². The van der Waals surface area contributed by atoms with Crippen LogP contribution < -0.4 is 5.32 Å². The highest BCUT2D eigenvalue weighted by Gasteiger charge is 2.41. The summed E-state index contributed by atoms with van der Waals surface area (Å²) in [6.45, 7) is 4.44. The van der Waals surface area contributed by atoms with Gasteiger partial charge in [0.1, 0.15) is 0 Å². The van der Waals surface area contributed by atoms with E-state index in [1.54, 1.807) is 0 Å². The fraction of sp³-hybridized carbons (Fsp3) is 0.889. The molecule has 0 spiro atoms. The Balaban J connectivity index is 2.62. The summed E-state index contributed by atoms with van der Waals surface area (Å²) >= 11 is 0.572. The van der Waals surface area contributed by atoms with Crippen molar-refractivity contribution in [3.63, 3.8) is 0 Å². The number of carboxylic acids is 1. The van der Waals surface area contributed by atoms with Crippen LogP contribution in [-0.2, 0) is 20.7 Å². The zero-order chi connectivity index (χ0) is 10.7. The zero-order valence-corrected chi connectivity index (χ0v) is 9.21. The first-order valence-electron chi connectivity index (χ1n) is 4.81. The molecule has 0 saturated carbocycles. The van der Waals surface area contributed by atoms with Crippen molar-refractivity contribution < 1.29 is 14.1 Å². The lowest BCUT2D eigenvalue weighted by Crippen LogP contribution is -2.38. The molecule has 4 nitrogen and oxygen atoms in total. The maximum Gasteiger partial charge on any atom is 0.463 e. The van der Waals surface area contributed by atoms with Crippen LogP contribution in [0.1, 0.15) is 20.3 Å². The van der Waals surface area contributed by atoms with Gasteiger partial charge in [0.2, 0.25) is 0 Å². The third kappa shape index (κ3) is 2.48. The van der Waals surface area contributed by atoms with Gasteiger partial charge in [-0.3, -0.25) is 4.79 Å². The van der Waals surface area contributed by atoms with E-state index in [0.29, 0.717) is 24.6 Å². The molecule has 1 heterocycles. The second-order valence-corrected chi connectivity index (χ2v) is 4.94. The lowest BCUT2D eigenvalue weighted by Gasteiger charge is -2.22. The van der Waals surface area contributed by atoms with Crippen molar-refractivity contribution in [3.05, 3.63) is 0 Å². The molecule has 2 N–H and O–H groups in total. The van der Waals surface area contributed by atoms with Crippen LogP contribution in [0.2, 0.25) is 0 Å². The predicted molar refractivity (Wildman–Crippen MR) is 54.2 cm³/mol. The first kappa shape index (κ1) is 11.5. The third-order valence-corrected chi connectivity index (χ3v) is 3.33. The summed E-state index contributed by atoms with van der Waals surface area (Å²) in [5.41, 5.74) is 0. The molecule has 0 amide bonds. The van der Waals surface area contributed by atoms with Crippen LogP contribution >= 0.6 is 0 Å². The van der Waals surface area contributed by atoms with E-state index in [4.69, 9.17) is 5.11 Å². The summed E-state index contributed by atoms with van der Waals surface area (Å²) in [7, 11) is 0. The Labute approximate surface area is 87.6 Å². The quantitative estimate of drug-likeness (QED) is 0.674. The Morgan fingerprint density at radius 3 is 2.57 bits per heavy atom. The molecule has 1 fully saturated rings. The molecule has 1 aliphatic heterocycles. The summed E-state index contributed by atoms with van der Waals surface area (Å²) < 4.78 is 10.6. The molecule has 0 bridgehead atoms. The number of hydrogen-bond donors (Lipinski definition) is 2. The van der Waals surface area contributed by atoms with E-state index in [9.17, 15) is 9.00 Å². The van der Waals surface area contributed by atoms with Gasteiger partial charge in [0.25, 0.3) is 5.25 Å². The molecule has 0 aromatic heterocycles. The molecule has 3 atom stereocenters. The van der Waals surface area contributed by atoms with Gasteiger partial charge in [-0.25, -0.2) is 0 Å². The lowest BCUT2D eigenvalue weighted by atomic mass is 9.88. The Kier molecular flexibility index (Phi) is 3.95. The van der Waals surface area contributed by atoms with Crippen LogP contribution in [0.25, 0.3) is 0 Å². The molecule has 5 heteroatoms. The molecular weight excluding hydrogens is 202 g/mol. The summed E-state index contributed by atoms with van der Waals surface area (Å²) in [6, 6.07) is -0.0426. The largest absolute Gasteiger partial charge is 0.481 e. The number of carboxylic acid groups (broad SMARTS) is 1. The van der Waals surface area contributed by atoms with Crippen LogP contribution in [0.15, 0.2) is 0 Å². The van der Waals surface area contributed by atoms with Crippen molar-refractivity contribution in [1.29, 1.82) is 0 Å². The van der Waals surface area contributed by atoms with Gasteiger partial charge < -0.3 is 10.4 Å². The van der Waals surface area contributed by atoms with E-state index < -0.39 is 5.97 Å². The fourth-order valence-electron chi connectivity index (χ4n) is 2.00. The smallest absolute Gasteiger partial charge is 0.463 e. The zero-order valence-electron chi connectivity index (χ0n) is 8.40. The number of rotatable bonds is 4. The number of aliphatic carboxylic acids is 1. The van der Waals surface area contributed by atoms with Crippen molar-refractivity contribution in [3.8, 4) is 0 Å². The van der Waals surface area contributed by atoms with Gasteiger partial charge in [0, 0.05) is 16.7 Å². The number of hydrogen-bond acceptors (Lipinski definition) is 3. The highest BCUT2D eigenvalue weighted by atomic mass is 32.1. The number of carbonyl (C=O) groups is 1. The standard InChI is InChI=1S/C9H15NO3S/c1-5(2)8(9(11)12)7-3-6(14-13)4-10-7/h5-8,10H,3-4H2,1-2H3/p+1. The van der Waals surface area contributed by atoms with E-state index >= 15 is 0 Å². The number of nitrogens with one attached hydrogen (secondary N) is 1. The molecule has 0 aromatic rings. The van der Waals surface area contributed by atoms with Gasteiger partial charge in [0.05, 0.1) is 12.5 Å². The average Bonchev–Trinajstić information content (AvgIpc) is 2.51. The topological polar surface area (TPSA) is 66.4 Å². The van der Waals surface area contributed by atoms with Gasteiger partial charge in [-0.2, -0.15) is 0 Å². The second kappa shape index (κ2) is 4.79. The van der Waals surface area contributed by atoms with Gasteiger partial charge in [-0.1, -0.05) is 13.8 Å². The van der Waals surface area contributed by atoms with Gasteiger partial charge >= 0.3 is 17.6 Å². The monoisotopic (exact) mass is 218 g/mol. The summed E-state index contributed by atoms with van der Waals surface area (Å²) in [5, 5.41) is 12.2. The molecule has 0 aliphatic carbocycles. The third-order valence-electron chi connectivity index (χ3n) is 2.70. The van der Waals surface area contributed by atoms with Crippen molar-refractivity contribution in [2.24, 2.45) is 11.8 Å². The van der Waals surface area contributed by atoms with Crippen molar-refractivity contribution in [2.45, 2.75) is 31.6 Å².